The van der Waals surface area contributed by atoms with Crippen LogP contribution in [0.25, 0.3) is 101 Å². The van der Waals surface area contributed by atoms with Crippen LogP contribution in [-0.4, -0.2) is 24.9 Å². The second-order valence-corrected chi connectivity index (χ2v) is 14.6. The fourth-order valence-corrected chi connectivity index (χ4v) is 7.44. The molecule has 0 atom stereocenters. The lowest BCUT2D eigenvalue weighted by molar-refractivity contribution is 1.07. The van der Waals surface area contributed by atoms with E-state index in [-0.39, 0.29) is 0 Å². The average molecular weight is 768 g/mol. The van der Waals surface area contributed by atoms with Crippen LogP contribution < -0.4 is 0 Å². The van der Waals surface area contributed by atoms with E-state index in [9.17, 15) is 0 Å². The molecule has 8 aromatic carbocycles. The Hall–Kier alpha value is -8.15. The average Bonchev–Trinajstić information content (AvgIpc) is 3.35. The van der Waals surface area contributed by atoms with E-state index >= 15 is 0 Å². The summed E-state index contributed by atoms with van der Waals surface area (Å²) in [6.07, 6.45) is 0. The molecule has 10 rings (SSSR count). The summed E-state index contributed by atoms with van der Waals surface area (Å²) in [4.78, 5) is 25.2. The monoisotopic (exact) mass is 767 g/mol. The van der Waals surface area contributed by atoms with Crippen molar-refractivity contribution in [1.29, 1.82) is 0 Å². The maximum Gasteiger partial charge on any atom is 0.164 e. The Morgan fingerprint density at radius 3 is 0.933 bits per heavy atom. The van der Waals surface area contributed by atoms with Gasteiger partial charge in [-0.25, -0.2) is 24.9 Å². The molecule has 2 heterocycles. The summed E-state index contributed by atoms with van der Waals surface area (Å²) >= 11 is 0. The number of nitrogens with zero attached hydrogens (tertiary/aromatic N) is 5. The van der Waals surface area contributed by atoms with Crippen molar-refractivity contribution in [2.24, 2.45) is 0 Å². The standard InChI is InChI=1S/C55H37N5/c1-5-16-38(17-6-1)39-30-32-40(33-31-39)44-24-14-28-48(35-44)54-56-50(41-18-7-2-8-19-41)37-51(57-54)47-27-13-25-45(34-47)46-26-15-29-49(36-46)55-59-52(42-20-9-3-10-21-42)58-53(60-55)43-22-11-4-12-23-43/h1-37H. The summed E-state index contributed by atoms with van der Waals surface area (Å²) in [5, 5.41) is 0. The molecule has 10 aromatic rings. The Morgan fingerprint density at radius 2 is 0.450 bits per heavy atom. The smallest absolute Gasteiger partial charge is 0.164 e. The van der Waals surface area contributed by atoms with Crippen LogP contribution in [0.5, 0.6) is 0 Å². The van der Waals surface area contributed by atoms with Gasteiger partial charge < -0.3 is 0 Å². The molecular weight excluding hydrogens is 731 g/mol. The van der Waals surface area contributed by atoms with Gasteiger partial charge in [0.1, 0.15) is 0 Å². The van der Waals surface area contributed by atoms with Crippen molar-refractivity contribution in [3.63, 3.8) is 0 Å². The van der Waals surface area contributed by atoms with Crippen molar-refractivity contribution < 1.29 is 0 Å². The maximum atomic E-state index is 5.23. The lowest BCUT2D eigenvalue weighted by Gasteiger charge is -2.12. The lowest BCUT2D eigenvalue weighted by atomic mass is 9.98. The van der Waals surface area contributed by atoms with Crippen molar-refractivity contribution in [1.82, 2.24) is 24.9 Å². The molecule has 5 nitrogen and oxygen atoms in total. The molecular formula is C55H37N5. The van der Waals surface area contributed by atoms with Gasteiger partial charge in [-0.2, -0.15) is 0 Å². The SMILES string of the molecule is c1ccc(-c2ccc(-c3cccc(-c4nc(-c5ccccc5)cc(-c5cccc(-c6cccc(-c7nc(-c8ccccc8)nc(-c8ccccc8)n7)c6)c5)n4)c3)cc2)cc1. The molecule has 2 aromatic heterocycles. The first-order valence-corrected chi connectivity index (χ1v) is 20.0. The van der Waals surface area contributed by atoms with Crippen molar-refractivity contribution in [2.75, 3.05) is 0 Å². The molecule has 0 aliphatic heterocycles. The van der Waals surface area contributed by atoms with Gasteiger partial charge >= 0.3 is 0 Å². The van der Waals surface area contributed by atoms with E-state index in [1.807, 2.05) is 84.9 Å². The van der Waals surface area contributed by atoms with Gasteiger partial charge in [0.05, 0.1) is 11.4 Å². The number of rotatable bonds is 9. The van der Waals surface area contributed by atoms with E-state index in [1.54, 1.807) is 0 Å². The van der Waals surface area contributed by atoms with Crippen LogP contribution in [0.1, 0.15) is 0 Å². The molecule has 0 saturated heterocycles. The second kappa shape index (κ2) is 16.4. The van der Waals surface area contributed by atoms with Crippen LogP contribution in [0.3, 0.4) is 0 Å². The van der Waals surface area contributed by atoms with Gasteiger partial charge in [-0.3, -0.25) is 0 Å². The summed E-state index contributed by atoms with van der Waals surface area (Å²) in [6, 6.07) is 77.1. The Morgan fingerprint density at radius 1 is 0.167 bits per heavy atom. The molecule has 0 aliphatic rings. The number of hydrogen-bond acceptors (Lipinski definition) is 5. The predicted molar refractivity (Wildman–Crippen MR) is 244 cm³/mol. The van der Waals surface area contributed by atoms with E-state index in [1.165, 1.54) is 11.1 Å². The third-order valence-electron chi connectivity index (χ3n) is 10.6. The molecule has 0 aliphatic carbocycles. The largest absolute Gasteiger partial charge is 0.228 e. The second-order valence-electron chi connectivity index (χ2n) is 14.6. The van der Waals surface area contributed by atoms with Crippen molar-refractivity contribution in [3.8, 4) is 101 Å². The first-order chi connectivity index (χ1) is 29.7. The lowest BCUT2D eigenvalue weighted by Crippen LogP contribution is -2.00. The third kappa shape index (κ3) is 7.76. The maximum absolute atomic E-state index is 5.23. The molecule has 0 spiro atoms. The molecule has 0 amide bonds. The highest BCUT2D eigenvalue weighted by Crippen LogP contribution is 2.34. The molecule has 0 N–H and O–H groups in total. The highest BCUT2D eigenvalue weighted by atomic mass is 15.0. The normalized spacial score (nSPS) is 11.0. The summed E-state index contributed by atoms with van der Waals surface area (Å²) in [6.45, 7) is 0. The summed E-state index contributed by atoms with van der Waals surface area (Å²) in [5.74, 6) is 2.54. The van der Waals surface area contributed by atoms with Crippen LogP contribution in [0, 0.1) is 0 Å². The van der Waals surface area contributed by atoms with Crippen LogP contribution in [-0.2, 0) is 0 Å². The number of benzene rings is 8. The highest BCUT2D eigenvalue weighted by Gasteiger charge is 2.15. The van der Waals surface area contributed by atoms with Crippen LogP contribution in [0.2, 0.25) is 0 Å². The third-order valence-corrected chi connectivity index (χ3v) is 10.6. The molecule has 5 heteroatoms. The van der Waals surface area contributed by atoms with Gasteiger partial charge in [0.2, 0.25) is 0 Å². The number of aromatic nitrogens is 5. The quantitative estimate of drug-likeness (QED) is 0.146. The van der Waals surface area contributed by atoms with Crippen LogP contribution in [0.4, 0.5) is 0 Å². The predicted octanol–water partition coefficient (Wildman–Crippen LogP) is 13.7. The van der Waals surface area contributed by atoms with E-state index in [0.29, 0.717) is 23.3 Å². The minimum absolute atomic E-state index is 0.614. The zero-order chi connectivity index (χ0) is 40.1. The van der Waals surface area contributed by atoms with E-state index in [2.05, 4.69) is 140 Å². The van der Waals surface area contributed by atoms with Crippen LogP contribution >= 0.6 is 0 Å². The minimum Gasteiger partial charge on any atom is -0.228 e. The minimum atomic E-state index is 0.614. The Balaban J connectivity index is 1.02. The van der Waals surface area contributed by atoms with Gasteiger partial charge in [0.15, 0.2) is 23.3 Å². The van der Waals surface area contributed by atoms with Gasteiger partial charge in [0, 0.05) is 33.4 Å². The fraction of sp³-hybridized carbons (Fsp3) is 0. The summed E-state index contributed by atoms with van der Waals surface area (Å²) in [5.41, 5.74) is 14.2. The van der Waals surface area contributed by atoms with Gasteiger partial charge in [0.25, 0.3) is 0 Å². The molecule has 0 unspecified atom stereocenters. The first-order valence-electron chi connectivity index (χ1n) is 20.0. The van der Waals surface area contributed by atoms with Gasteiger partial charge in [-0.15, -0.1) is 0 Å². The van der Waals surface area contributed by atoms with Gasteiger partial charge in [-0.1, -0.05) is 200 Å². The van der Waals surface area contributed by atoms with Crippen LogP contribution in [0.15, 0.2) is 224 Å². The molecule has 0 radical (unpaired) electrons. The highest BCUT2D eigenvalue weighted by molar-refractivity contribution is 5.79. The van der Waals surface area contributed by atoms with Crippen molar-refractivity contribution in [2.45, 2.75) is 0 Å². The summed E-state index contributed by atoms with van der Waals surface area (Å²) < 4.78 is 0. The molecule has 60 heavy (non-hydrogen) atoms. The molecule has 0 bridgehead atoms. The Labute approximate surface area is 349 Å². The first kappa shape index (κ1) is 36.2. The number of hydrogen-bond donors (Lipinski definition) is 0. The van der Waals surface area contributed by atoms with Gasteiger partial charge in [-0.05, 0) is 57.6 Å². The van der Waals surface area contributed by atoms with E-state index in [0.717, 1.165) is 67.0 Å². The van der Waals surface area contributed by atoms with Crippen molar-refractivity contribution >= 4 is 0 Å². The zero-order valence-electron chi connectivity index (χ0n) is 32.6. The van der Waals surface area contributed by atoms with E-state index < -0.39 is 0 Å². The molecule has 282 valence electrons. The molecule has 0 saturated carbocycles. The van der Waals surface area contributed by atoms with Crippen molar-refractivity contribution in [3.05, 3.63) is 224 Å². The van der Waals surface area contributed by atoms with E-state index in [4.69, 9.17) is 24.9 Å². The Kier molecular flexibility index (Phi) is 9.88. The summed E-state index contributed by atoms with van der Waals surface area (Å²) in [7, 11) is 0. The fourth-order valence-electron chi connectivity index (χ4n) is 7.44. The Bertz CT molecular complexity index is 3000. The zero-order valence-corrected chi connectivity index (χ0v) is 32.6. The molecule has 0 fully saturated rings. The topological polar surface area (TPSA) is 64.5 Å².